The minimum absolute atomic E-state index is 0.00588. The molecule has 4 N–H and O–H groups in total. The van der Waals surface area contributed by atoms with Crippen LogP contribution in [0.15, 0.2) is 48.5 Å². The number of aliphatic carboxylic acids is 1. The van der Waals surface area contributed by atoms with Crippen LogP contribution in [-0.2, 0) is 39.9 Å². The number of rotatable bonds is 20. The minimum atomic E-state index is -1.44. The molecule has 4 amide bonds. The number of hydrogen-bond donors (Lipinski definition) is 4. The number of carboxylic acids is 1. The Morgan fingerprint density at radius 3 is 2.07 bits per heavy atom. The molecule has 0 bridgehead atoms. The van der Waals surface area contributed by atoms with E-state index in [1.165, 1.54) is 24.3 Å². The zero-order valence-electron chi connectivity index (χ0n) is 34.1. The Labute approximate surface area is 330 Å². The molecule has 0 radical (unpaired) electrons. The Morgan fingerprint density at radius 2 is 1.52 bits per heavy atom. The smallest absolute Gasteiger partial charge is 0.326 e. The number of likely N-dealkylation sites (tertiary alicyclic amines) is 1. The third-order valence-corrected chi connectivity index (χ3v) is 9.73. The summed E-state index contributed by atoms with van der Waals surface area (Å²) in [6.45, 7) is 14.2. The highest BCUT2D eigenvalue weighted by atomic mass is 16.5. The van der Waals surface area contributed by atoms with Crippen molar-refractivity contribution in [3.8, 4) is 11.1 Å². The first-order valence-electron chi connectivity index (χ1n) is 19.6. The summed E-state index contributed by atoms with van der Waals surface area (Å²) in [4.78, 5) is 91.4. The lowest BCUT2D eigenvalue weighted by Crippen LogP contribution is -2.56. The van der Waals surface area contributed by atoms with Gasteiger partial charge in [-0.15, -0.1) is 0 Å². The van der Waals surface area contributed by atoms with Crippen LogP contribution >= 0.6 is 0 Å². The molecule has 2 aromatic carbocycles. The van der Waals surface area contributed by atoms with Crippen LogP contribution in [0.25, 0.3) is 11.1 Å². The van der Waals surface area contributed by atoms with E-state index in [0.717, 1.165) is 30.4 Å². The largest absolute Gasteiger partial charge is 0.480 e. The number of ether oxygens (including phenoxy) is 1. The first kappa shape index (κ1) is 45.5. The van der Waals surface area contributed by atoms with Crippen LogP contribution in [-0.4, -0.2) is 94.1 Å². The Hall–Kier alpha value is -4.91. The number of carbonyl (C=O) groups excluding carboxylic acids is 6. The molecule has 306 valence electrons. The molecule has 3 rings (SSSR count). The second-order valence-electron chi connectivity index (χ2n) is 16.1. The predicted octanol–water partition coefficient (Wildman–Crippen LogP) is 4.89. The summed E-state index contributed by atoms with van der Waals surface area (Å²) in [5.41, 5.74) is 3.11. The number of carbonyl (C=O) groups is 7. The predicted molar refractivity (Wildman–Crippen MR) is 213 cm³/mol. The molecule has 1 saturated heterocycles. The van der Waals surface area contributed by atoms with Gasteiger partial charge in [0.05, 0.1) is 11.7 Å². The molecule has 0 spiro atoms. The van der Waals surface area contributed by atoms with Gasteiger partial charge in [0.15, 0.2) is 5.78 Å². The number of ketones is 2. The lowest BCUT2D eigenvalue weighted by atomic mass is 9.95. The molecular weight excluding hydrogens is 716 g/mol. The van der Waals surface area contributed by atoms with E-state index in [1.807, 2.05) is 19.1 Å². The first-order chi connectivity index (χ1) is 26.3. The van der Waals surface area contributed by atoms with Gasteiger partial charge in [-0.1, -0.05) is 63.6 Å². The maximum Gasteiger partial charge on any atom is 0.326 e. The average molecular weight is 777 g/mol. The molecule has 2 aromatic rings. The molecule has 1 aliphatic heterocycles. The monoisotopic (exact) mass is 776 g/mol. The third-order valence-electron chi connectivity index (χ3n) is 9.73. The van der Waals surface area contributed by atoms with E-state index in [-0.39, 0.29) is 37.1 Å². The molecule has 1 aliphatic rings. The summed E-state index contributed by atoms with van der Waals surface area (Å²) in [5.74, 6) is -5.22. The fourth-order valence-corrected chi connectivity index (χ4v) is 6.82. The van der Waals surface area contributed by atoms with Gasteiger partial charge in [-0.2, -0.15) is 0 Å². The molecule has 6 atom stereocenters. The van der Waals surface area contributed by atoms with E-state index in [0.29, 0.717) is 18.5 Å². The Bertz CT molecular complexity index is 1700. The van der Waals surface area contributed by atoms with Crippen molar-refractivity contribution in [3.63, 3.8) is 0 Å². The minimum Gasteiger partial charge on any atom is -0.480 e. The SMILES string of the molecule is CCCCc1ccc(-c2ccc(C(=O)NCCC(=O)N3C[C@@H](C)C[C@H]3C(=O)N[C@H](C(=O)C[C@@H](C)C(=O)N[C@@H](CC(C)=O)C(=O)O)[C@@H](C)OC(C)(C)C)cc2)cc1. The summed E-state index contributed by atoms with van der Waals surface area (Å²) >= 11 is 0. The van der Waals surface area contributed by atoms with Crippen LogP contribution in [0.3, 0.4) is 0 Å². The van der Waals surface area contributed by atoms with Crippen LogP contribution in [0.2, 0.25) is 0 Å². The molecule has 0 unspecified atom stereocenters. The van der Waals surface area contributed by atoms with E-state index in [9.17, 15) is 38.7 Å². The van der Waals surface area contributed by atoms with E-state index in [2.05, 4.69) is 47.1 Å². The van der Waals surface area contributed by atoms with Gasteiger partial charge in [0.2, 0.25) is 17.7 Å². The lowest BCUT2D eigenvalue weighted by molar-refractivity contribution is -0.144. The highest BCUT2D eigenvalue weighted by Gasteiger charge is 2.40. The number of nitrogens with one attached hydrogen (secondary N) is 3. The molecule has 0 aromatic heterocycles. The average Bonchev–Trinajstić information content (AvgIpc) is 3.53. The van der Waals surface area contributed by atoms with Gasteiger partial charge in [-0.05, 0) is 88.6 Å². The molecule has 13 heteroatoms. The molecule has 0 aliphatic carbocycles. The van der Waals surface area contributed by atoms with Crippen molar-refractivity contribution in [2.24, 2.45) is 11.8 Å². The molecule has 56 heavy (non-hydrogen) atoms. The van der Waals surface area contributed by atoms with Gasteiger partial charge in [-0.25, -0.2) is 4.79 Å². The van der Waals surface area contributed by atoms with Gasteiger partial charge < -0.3 is 30.7 Å². The van der Waals surface area contributed by atoms with E-state index in [4.69, 9.17) is 4.74 Å². The van der Waals surface area contributed by atoms with Crippen LogP contribution in [0.5, 0.6) is 0 Å². The molecule has 1 heterocycles. The second-order valence-corrected chi connectivity index (χ2v) is 16.1. The molecular formula is C43H60N4O9. The topological polar surface area (TPSA) is 188 Å². The summed E-state index contributed by atoms with van der Waals surface area (Å²) < 4.78 is 6.05. The van der Waals surface area contributed by atoms with E-state index >= 15 is 0 Å². The van der Waals surface area contributed by atoms with Gasteiger partial charge in [0.25, 0.3) is 5.91 Å². The molecule has 0 saturated carbocycles. The standard InChI is InChI=1S/C43H60N4O9/c1-9-10-11-30-12-14-31(15-13-30)32-16-18-33(19-17-32)40(52)44-21-20-37(50)47-25-26(2)22-35(47)41(53)46-38(29(5)56-43(6,7)8)36(49)23-27(3)39(51)45-34(42(54)55)24-28(4)48/h12-19,26-27,29,34-35,38H,9-11,20-25H2,1-8H3,(H,44,52)(H,45,51)(H,46,53)(H,54,55)/t26-,27+,29+,34-,35-,38-/m0/s1. The van der Waals surface area contributed by atoms with Gasteiger partial charge in [0.1, 0.15) is 23.9 Å². The van der Waals surface area contributed by atoms with Crippen LogP contribution in [0.1, 0.15) is 110 Å². The number of carboxylic acid groups (broad SMARTS) is 1. The summed E-state index contributed by atoms with van der Waals surface area (Å²) in [6, 6.07) is 12.2. The second kappa shape index (κ2) is 20.8. The lowest BCUT2D eigenvalue weighted by Gasteiger charge is -2.33. The zero-order valence-corrected chi connectivity index (χ0v) is 34.1. The van der Waals surface area contributed by atoms with Crippen molar-refractivity contribution >= 4 is 41.2 Å². The van der Waals surface area contributed by atoms with Gasteiger partial charge in [-0.3, -0.25) is 28.8 Å². The Balaban J connectivity index is 1.62. The van der Waals surface area contributed by atoms with Crippen molar-refractivity contribution in [1.82, 2.24) is 20.9 Å². The summed E-state index contributed by atoms with van der Waals surface area (Å²) in [7, 11) is 0. The number of unbranched alkanes of at least 4 members (excludes halogenated alkanes) is 1. The maximum absolute atomic E-state index is 13.8. The molecule has 13 nitrogen and oxygen atoms in total. The number of benzene rings is 2. The number of amides is 4. The fourth-order valence-electron chi connectivity index (χ4n) is 6.82. The van der Waals surface area contributed by atoms with E-state index < -0.39 is 71.5 Å². The molecule has 1 fully saturated rings. The van der Waals surface area contributed by atoms with Crippen molar-refractivity contribution in [2.45, 2.75) is 130 Å². The number of nitrogens with zero attached hydrogens (tertiary/aromatic N) is 1. The van der Waals surface area contributed by atoms with E-state index in [1.54, 1.807) is 39.8 Å². The maximum atomic E-state index is 13.8. The zero-order chi connectivity index (χ0) is 41.7. The van der Waals surface area contributed by atoms with Gasteiger partial charge in [0, 0.05) is 43.8 Å². The Kier molecular flexibility index (Phi) is 16.9. The van der Waals surface area contributed by atoms with Crippen molar-refractivity contribution in [1.29, 1.82) is 0 Å². The number of hydrogen-bond acceptors (Lipinski definition) is 8. The van der Waals surface area contributed by atoms with Crippen molar-refractivity contribution in [3.05, 3.63) is 59.7 Å². The highest BCUT2D eigenvalue weighted by Crippen LogP contribution is 2.25. The van der Waals surface area contributed by atoms with Gasteiger partial charge >= 0.3 is 5.97 Å². The highest BCUT2D eigenvalue weighted by molar-refractivity contribution is 5.97. The van der Waals surface area contributed by atoms with Crippen LogP contribution < -0.4 is 16.0 Å². The fraction of sp³-hybridized carbons (Fsp3) is 0.558. The van der Waals surface area contributed by atoms with Crippen LogP contribution in [0.4, 0.5) is 0 Å². The quantitative estimate of drug-likeness (QED) is 0.145. The first-order valence-corrected chi connectivity index (χ1v) is 19.6. The van der Waals surface area contributed by atoms with Crippen LogP contribution in [0, 0.1) is 11.8 Å². The summed E-state index contributed by atoms with van der Waals surface area (Å²) in [5, 5.41) is 17.3. The van der Waals surface area contributed by atoms with Crippen molar-refractivity contribution < 1.29 is 43.4 Å². The third kappa shape index (κ3) is 14.0. The number of aryl methyl sites for hydroxylation is 1. The number of Topliss-reactive ketones (excluding diaryl/α,β-unsaturated/α-hetero) is 2. The summed E-state index contributed by atoms with van der Waals surface area (Å²) in [6.07, 6.45) is 2.08. The normalized spacial score (nSPS) is 17.6. The van der Waals surface area contributed by atoms with Crippen molar-refractivity contribution in [2.75, 3.05) is 13.1 Å². The Morgan fingerprint density at radius 1 is 0.911 bits per heavy atom.